The van der Waals surface area contributed by atoms with Crippen LogP contribution in [0.4, 0.5) is 0 Å². The molecule has 28 heavy (non-hydrogen) atoms. The van der Waals surface area contributed by atoms with E-state index >= 15 is 0 Å². The van der Waals surface area contributed by atoms with Crippen LogP contribution in [0.2, 0.25) is 0 Å². The van der Waals surface area contributed by atoms with Crippen LogP contribution in [0.25, 0.3) is 0 Å². The number of hydrogen-bond acceptors (Lipinski definition) is 5. The molecule has 2 aliphatic rings. The Bertz CT molecular complexity index is 753. The number of Topliss-reactive ketones (excluding diaryl/α,β-unsaturated/α-hetero) is 2. The first-order valence-electron chi connectivity index (χ1n) is 10.1. The zero-order valence-corrected chi connectivity index (χ0v) is 17.2. The quantitative estimate of drug-likeness (QED) is 0.642. The van der Waals surface area contributed by atoms with Crippen molar-refractivity contribution in [3.05, 3.63) is 21.9 Å². The molecule has 0 spiro atoms. The second kappa shape index (κ2) is 9.45. The fraction of sp³-hybridized carbons (Fsp3) is 0.619. The summed E-state index contributed by atoms with van der Waals surface area (Å²) in [5, 5.41) is 3.01. The van der Waals surface area contributed by atoms with E-state index in [9.17, 15) is 19.2 Å². The second-order valence-electron chi connectivity index (χ2n) is 7.83. The number of nitrogens with zero attached hydrogens (tertiary/aromatic N) is 1. The van der Waals surface area contributed by atoms with Crippen LogP contribution >= 0.6 is 11.3 Å². The molecule has 3 rings (SSSR count). The van der Waals surface area contributed by atoms with Crippen LogP contribution in [-0.4, -0.2) is 47.4 Å². The third kappa shape index (κ3) is 5.99. The maximum absolute atomic E-state index is 12.4. The van der Waals surface area contributed by atoms with Crippen molar-refractivity contribution in [2.75, 3.05) is 13.1 Å². The summed E-state index contributed by atoms with van der Waals surface area (Å²) < 4.78 is 0. The average molecular weight is 405 g/mol. The maximum Gasteiger partial charge on any atom is 0.225 e. The number of carbonyl (C=O) groups excluding carboxylic acids is 4. The molecule has 1 saturated heterocycles. The third-order valence-corrected chi connectivity index (χ3v) is 6.37. The zero-order valence-electron chi connectivity index (χ0n) is 16.4. The number of nitrogens with one attached hydrogen (secondary N) is 1. The number of carbonyl (C=O) groups is 4. The molecule has 6 nitrogen and oxygen atoms in total. The highest BCUT2D eigenvalue weighted by atomic mass is 32.1. The monoisotopic (exact) mass is 404 g/mol. The number of amides is 2. The minimum absolute atomic E-state index is 0.0154. The molecule has 0 bridgehead atoms. The van der Waals surface area contributed by atoms with E-state index < -0.39 is 0 Å². The first-order valence-corrected chi connectivity index (χ1v) is 10.9. The lowest BCUT2D eigenvalue weighted by atomic mass is 9.96. The number of likely N-dealkylation sites (tertiary alicyclic amines) is 1. The standard InChI is InChI=1S/C21H28N2O4S/c1-14-4-10-19(28-14)18(25)9-7-17(24)8-11-20(26)23-12-2-3-15(13-23)21(27)22-16-5-6-16/h4,10,15-16H,2-3,5-9,11-13H2,1H3,(H,22,27). The van der Waals surface area contributed by atoms with E-state index in [4.69, 9.17) is 0 Å². The fourth-order valence-corrected chi connectivity index (χ4v) is 4.29. The largest absolute Gasteiger partial charge is 0.353 e. The molecule has 2 amide bonds. The van der Waals surface area contributed by atoms with Gasteiger partial charge in [0.2, 0.25) is 11.8 Å². The molecule has 152 valence electrons. The lowest BCUT2D eigenvalue weighted by molar-refractivity contribution is -0.137. The van der Waals surface area contributed by atoms with Crippen molar-refractivity contribution in [2.24, 2.45) is 5.92 Å². The minimum Gasteiger partial charge on any atom is -0.353 e. The molecule has 1 unspecified atom stereocenters. The van der Waals surface area contributed by atoms with E-state index in [0.717, 1.165) is 30.6 Å². The Kier molecular flexibility index (Phi) is 6.99. The molecule has 1 aromatic heterocycles. The Morgan fingerprint density at radius 3 is 2.50 bits per heavy atom. The van der Waals surface area contributed by atoms with Gasteiger partial charge < -0.3 is 10.2 Å². The molecule has 1 aliphatic carbocycles. The van der Waals surface area contributed by atoms with E-state index in [2.05, 4.69) is 5.32 Å². The van der Waals surface area contributed by atoms with Crippen molar-refractivity contribution in [3.63, 3.8) is 0 Å². The Hall–Kier alpha value is -2.02. The van der Waals surface area contributed by atoms with Crippen LogP contribution in [0.1, 0.15) is 65.9 Å². The Morgan fingerprint density at radius 2 is 1.82 bits per heavy atom. The first kappa shape index (κ1) is 20.7. The van der Waals surface area contributed by atoms with Gasteiger partial charge in [-0.25, -0.2) is 0 Å². The van der Waals surface area contributed by atoms with Crippen LogP contribution in [0.3, 0.4) is 0 Å². The average Bonchev–Trinajstić information content (AvgIpc) is 3.40. The number of rotatable bonds is 9. The lowest BCUT2D eigenvalue weighted by Crippen LogP contribution is -2.45. The molecule has 1 saturated carbocycles. The summed E-state index contributed by atoms with van der Waals surface area (Å²) in [4.78, 5) is 52.3. The summed E-state index contributed by atoms with van der Waals surface area (Å²) in [7, 11) is 0. The van der Waals surface area contributed by atoms with E-state index in [-0.39, 0.29) is 55.0 Å². The smallest absolute Gasteiger partial charge is 0.225 e. The topological polar surface area (TPSA) is 83.6 Å². The third-order valence-electron chi connectivity index (χ3n) is 5.33. The number of hydrogen-bond donors (Lipinski definition) is 1. The van der Waals surface area contributed by atoms with Crippen LogP contribution in [0.15, 0.2) is 12.1 Å². The van der Waals surface area contributed by atoms with Crippen molar-refractivity contribution >= 4 is 34.7 Å². The van der Waals surface area contributed by atoms with Crippen molar-refractivity contribution < 1.29 is 19.2 Å². The second-order valence-corrected chi connectivity index (χ2v) is 9.12. The predicted octanol–water partition coefficient (Wildman–Crippen LogP) is 2.89. The molecule has 1 aromatic rings. The number of thiophene rings is 1. The van der Waals surface area contributed by atoms with Gasteiger partial charge in [-0.05, 0) is 44.7 Å². The Morgan fingerprint density at radius 1 is 1.07 bits per heavy atom. The number of aryl methyl sites for hydroxylation is 1. The molecule has 7 heteroatoms. The molecular weight excluding hydrogens is 376 g/mol. The van der Waals surface area contributed by atoms with Gasteiger partial charge >= 0.3 is 0 Å². The summed E-state index contributed by atoms with van der Waals surface area (Å²) in [6, 6.07) is 4.02. The minimum atomic E-state index is -0.138. The van der Waals surface area contributed by atoms with Gasteiger partial charge in [-0.1, -0.05) is 0 Å². The van der Waals surface area contributed by atoms with E-state index in [1.54, 1.807) is 11.0 Å². The van der Waals surface area contributed by atoms with Crippen LogP contribution < -0.4 is 5.32 Å². The predicted molar refractivity (Wildman–Crippen MR) is 107 cm³/mol. The van der Waals surface area contributed by atoms with Gasteiger partial charge in [0.15, 0.2) is 5.78 Å². The maximum atomic E-state index is 12.4. The first-order chi connectivity index (χ1) is 13.4. The van der Waals surface area contributed by atoms with Crippen LogP contribution in [0.5, 0.6) is 0 Å². The summed E-state index contributed by atoms with van der Waals surface area (Å²) in [6.07, 6.45) is 4.42. The highest BCUT2D eigenvalue weighted by Gasteiger charge is 2.31. The summed E-state index contributed by atoms with van der Waals surface area (Å²) in [5.74, 6) is -0.231. The SMILES string of the molecule is Cc1ccc(C(=O)CCC(=O)CCC(=O)N2CCCC(C(=O)NC3CC3)C2)s1. The summed E-state index contributed by atoms with van der Waals surface area (Å²) in [5.41, 5.74) is 0. The molecule has 1 N–H and O–H groups in total. The van der Waals surface area contributed by atoms with Gasteiger partial charge in [-0.15, -0.1) is 11.3 Å². The van der Waals surface area contributed by atoms with Crippen LogP contribution in [-0.2, 0) is 14.4 Å². The highest BCUT2D eigenvalue weighted by molar-refractivity contribution is 7.14. The normalized spacial score (nSPS) is 19.3. The molecule has 0 radical (unpaired) electrons. The van der Waals surface area contributed by atoms with Gasteiger partial charge in [0.05, 0.1) is 10.8 Å². The number of ketones is 2. The number of piperidine rings is 1. The molecule has 1 aliphatic heterocycles. The lowest BCUT2D eigenvalue weighted by Gasteiger charge is -2.32. The Balaban J connectivity index is 1.37. The van der Waals surface area contributed by atoms with E-state index in [1.165, 1.54) is 11.3 Å². The van der Waals surface area contributed by atoms with Gasteiger partial charge in [0.25, 0.3) is 0 Å². The molecule has 1 atom stereocenters. The van der Waals surface area contributed by atoms with E-state index in [0.29, 0.717) is 24.0 Å². The molecule has 0 aromatic carbocycles. The van der Waals surface area contributed by atoms with E-state index in [1.807, 2.05) is 13.0 Å². The molecule has 2 heterocycles. The van der Waals surface area contributed by atoms with Crippen molar-refractivity contribution in [3.8, 4) is 0 Å². The van der Waals surface area contributed by atoms with Gasteiger partial charge in [0.1, 0.15) is 5.78 Å². The fourth-order valence-electron chi connectivity index (χ4n) is 3.45. The zero-order chi connectivity index (χ0) is 20.1. The summed E-state index contributed by atoms with van der Waals surface area (Å²) >= 11 is 1.44. The summed E-state index contributed by atoms with van der Waals surface area (Å²) in [6.45, 7) is 3.04. The van der Waals surface area contributed by atoms with Crippen molar-refractivity contribution in [1.29, 1.82) is 0 Å². The van der Waals surface area contributed by atoms with Crippen molar-refractivity contribution in [2.45, 2.75) is 64.3 Å². The van der Waals surface area contributed by atoms with Gasteiger partial charge in [-0.3, -0.25) is 19.2 Å². The van der Waals surface area contributed by atoms with Crippen LogP contribution in [0, 0.1) is 12.8 Å². The Labute approximate surface area is 169 Å². The van der Waals surface area contributed by atoms with Gasteiger partial charge in [0, 0.05) is 49.7 Å². The molecular formula is C21H28N2O4S. The molecule has 2 fully saturated rings. The van der Waals surface area contributed by atoms with Crippen molar-refractivity contribution in [1.82, 2.24) is 10.2 Å². The highest BCUT2D eigenvalue weighted by Crippen LogP contribution is 2.23. The van der Waals surface area contributed by atoms with Gasteiger partial charge in [-0.2, -0.15) is 0 Å².